The Morgan fingerprint density at radius 3 is 2.17 bits per heavy atom. The molecule has 0 saturated heterocycles. The quantitative estimate of drug-likeness (QED) is 0.316. The molecule has 2 amide bonds. The van der Waals surface area contributed by atoms with Gasteiger partial charge in [0, 0.05) is 13.1 Å². The summed E-state index contributed by atoms with van der Waals surface area (Å²) >= 11 is 0. The largest absolute Gasteiger partial charge is 0.497 e. The lowest BCUT2D eigenvalue weighted by atomic mass is 10.0. The highest BCUT2D eigenvalue weighted by Crippen LogP contribution is 2.27. The summed E-state index contributed by atoms with van der Waals surface area (Å²) in [4.78, 5) is 28.6. The molecule has 1 atom stereocenters. The van der Waals surface area contributed by atoms with Crippen LogP contribution in [0.5, 0.6) is 5.75 Å². The highest BCUT2D eigenvalue weighted by Gasteiger charge is 2.33. The number of carbonyl (C=O) groups is 2. The molecule has 1 N–H and O–H groups in total. The molecule has 8 nitrogen and oxygen atoms in total. The van der Waals surface area contributed by atoms with Crippen LogP contribution in [0.15, 0.2) is 83.8 Å². The summed E-state index contributed by atoms with van der Waals surface area (Å²) in [6, 6.07) is 21.7. The van der Waals surface area contributed by atoms with Crippen molar-refractivity contribution in [3.05, 3.63) is 90.0 Å². The molecule has 3 aromatic carbocycles. The molecular weight excluding hydrogens is 526 g/mol. The second kappa shape index (κ2) is 14.0. The number of sulfonamides is 1. The Kier molecular flexibility index (Phi) is 10.7. The van der Waals surface area contributed by atoms with Gasteiger partial charge in [0.2, 0.25) is 11.8 Å². The van der Waals surface area contributed by atoms with E-state index in [2.05, 4.69) is 19.2 Å². The standard InChI is InChI=1S/C31H39N3O5S/c1-6-29(31(36)32-7-2)33(21-24-12-11-13-27(20-24)39-5)30(35)22-34(26-18-16-25(17-19-26)23(3)4)40(37,38)28-14-9-8-10-15-28/h8-20,23,29H,6-7,21-22H2,1-5H3,(H,32,36)/t29-/m0/s1. The maximum absolute atomic E-state index is 14.1. The van der Waals surface area contributed by atoms with Gasteiger partial charge >= 0.3 is 0 Å². The second-order valence-electron chi connectivity index (χ2n) is 9.76. The number of likely N-dealkylation sites (N-methyl/N-ethyl adjacent to an activating group) is 1. The third kappa shape index (κ3) is 7.41. The van der Waals surface area contributed by atoms with Crippen LogP contribution in [0.2, 0.25) is 0 Å². The lowest BCUT2D eigenvalue weighted by molar-refractivity contribution is -0.140. The van der Waals surface area contributed by atoms with Gasteiger partial charge in [0.25, 0.3) is 10.0 Å². The number of rotatable bonds is 13. The number of ether oxygens (including phenoxy) is 1. The van der Waals surface area contributed by atoms with E-state index in [-0.39, 0.29) is 23.3 Å². The highest BCUT2D eigenvalue weighted by atomic mass is 32.2. The average molecular weight is 566 g/mol. The minimum Gasteiger partial charge on any atom is -0.497 e. The summed E-state index contributed by atoms with van der Waals surface area (Å²) in [5.74, 6) is 0.0958. The summed E-state index contributed by atoms with van der Waals surface area (Å²) in [7, 11) is -2.54. The third-order valence-electron chi connectivity index (χ3n) is 6.68. The molecule has 0 radical (unpaired) electrons. The Balaban J connectivity index is 2.06. The number of hydrogen-bond acceptors (Lipinski definition) is 5. The normalized spacial score (nSPS) is 12.1. The zero-order valence-corrected chi connectivity index (χ0v) is 24.6. The first-order valence-corrected chi connectivity index (χ1v) is 14.9. The van der Waals surface area contributed by atoms with E-state index in [0.717, 1.165) is 15.4 Å². The third-order valence-corrected chi connectivity index (χ3v) is 8.47. The van der Waals surface area contributed by atoms with Gasteiger partial charge in [-0.25, -0.2) is 8.42 Å². The molecule has 0 aromatic heterocycles. The smallest absolute Gasteiger partial charge is 0.264 e. The molecule has 40 heavy (non-hydrogen) atoms. The van der Waals surface area contributed by atoms with E-state index in [1.54, 1.807) is 49.6 Å². The van der Waals surface area contributed by atoms with E-state index < -0.39 is 28.5 Å². The summed E-state index contributed by atoms with van der Waals surface area (Å²) < 4.78 is 34.2. The minimum absolute atomic E-state index is 0.0749. The predicted molar refractivity (Wildman–Crippen MR) is 158 cm³/mol. The molecule has 3 rings (SSSR count). The fourth-order valence-corrected chi connectivity index (χ4v) is 5.89. The lowest BCUT2D eigenvalue weighted by Gasteiger charge is -2.33. The number of hydrogen-bond donors (Lipinski definition) is 1. The van der Waals surface area contributed by atoms with E-state index in [9.17, 15) is 18.0 Å². The predicted octanol–water partition coefficient (Wildman–Crippen LogP) is 4.96. The molecule has 3 aromatic rings. The van der Waals surface area contributed by atoms with Crippen molar-refractivity contribution in [3.63, 3.8) is 0 Å². The highest BCUT2D eigenvalue weighted by molar-refractivity contribution is 7.92. The summed E-state index contributed by atoms with van der Waals surface area (Å²) in [6.45, 7) is 7.80. The second-order valence-corrected chi connectivity index (χ2v) is 11.6. The number of benzene rings is 3. The Morgan fingerprint density at radius 2 is 1.60 bits per heavy atom. The number of methoxy groups -OCH3 is 1. The van der Waals surface area contributed by atoms with Crippen molar-refractivity contribution in [2.45, 2.75) is 57.5 Å². The fourth-order valence-electron chi connectivity index (χ4n) is 4.45. The molecule has 0 saturated carbocycles. The zero-order valence-electron chi connectivity index (χ0n) is 23.8. The van der Waals surface area contributed by atoms with Crippen molar-refractivity contribution in [3.8, 4) is 5.75 Å². The van der Waals surface area contributed by atoms with Crippen molar-refractivity contribution in [1.82, 2.24) is 10.2 Å². The van der Waals surface area contributed by atoms with Crippen molar-refractivity contribution in [2.24, 2.45) is 0 Å². The van der Waals surface area contributed by atoms with Crippen LogP contribution in [0.4, 0.5) is 5.69 Å². The van der Waals surface area contributed by atoms with Gasteiger partial charge in [-0.05, 0) is 66.8 Å². The van der Waals surface area contributed by atoms with E-state index in [1.807, 2.05) is 38.1 Å². The molecule has 0 bridgehead atoms. The number of anilines is 1. The Bertz CT molecular complexity index is 1380. The van der Waals surface area contributed by atoms with E-state index in [0.29, 0.717) is 24.4 Å². The van der Waals surface area contributed by atoms with E-state index in [1.165, 1.54) is 17.0 Å². The van der Waals surface area contributed by atoms with Crippen LogP contribution >= 0.6 is 0 Å². The first-order chi connectivity index (χ1) is 19.1. The first kappa shape index (κ1) is 30.7. The molecule has 214 valence electrons. The van der Waals surface area contributed by atoms with Gasteiger partial charge in [-0.15, -0.1) is 0 Å². The molecular formula is C31H39N3O5S. The Hall–Kier alpha value is -3.85. The average Bonchev–Trinajstić information content (AvgIpc) is 2.96. The van der Waals surface area contributed by atoms with Crippen molar-refractivity contribution < 1.29 is 22.7 Å². The fraction of sp³-hybridized carbons (Fsp3) is 0.355. The summed E-state index contributed by atoms with van der Waals surface area (Å²) in [6.07, 6.45) is 0.357. The molecule has 0 aliphatic carbocycles. The van der Waals surface area contributed by atoms with Gasteiger partial charge in [-0.2, -0.15) is 0 Å². The molecule has 0 spiro atoms. The van der Waals surface area contributed by atoms with Crippen LogP contribution in [0.1, 0.15) is 51.2 Å². The van der Waals surface area contributed by atoms with Gasteiger partial charge in [-0.1, -0.05) is 63.2 Å². The topological polar surface area (TPSA) is 96.0 Å². The van der Waals surface area contributed by atoms with Gasteiger partial charge in [0.15, 0.2) is 0 Å². The van der Waals surface area contributed by atoms with Crippen LogP contribution in [0.25, 0.3) is 0 Å². The Labute approximate surface area is 238 Å². The summed E-state index contributed by atoms with van der Waals surface area (Å²) in [5.41, 5.74) is 2.18. The van der Waals surface area contributed by atoms with Gasteiger partial charge in [0.05, 0.1) is 17.7 Å². The van der Waals surface area contributed by atoms with Gasteiger partial charge in [0.1, 0.15) is 18.3 Å². The van der Waals surface area contributed by atoms with Crippen molar-refractivity contribution >= 4 is 27.5 Å². The first-order valence-electron chi connectivity index (χ1n) is 13.5. The Morgan fingerprint density at radius 1 is 0.925 bits per heavy atom. The van der Waals surface area contributed by atoms with Gasteiger partial charge in [-0.3, -0.25) is 13.9 Å². The van der Waals surface area contributed by atoms with Gasteiger partial charge < -0.3 is 15.0 Å². The van der Waals surface area contributed by atoms with Crippen LogP contribution in [-0.2, 0) is 26.2 Å². The van der Waals surface area contributed by atoms with Crippen LogP contribution in [0.3, 0.4) is 0 Å². The zero-order chi connectivity index (χ0) is 29.3. The molecule has 0 aliphatic heterocycles. The van der Waals surface area contributed by atoms with Crippen LogP contribution in [0, 0.1) is 0 Å². The number of nitrogens with one attached hydrogen (secondary N) is 1. The maximum atomic E-state index is 14.1. The van der Waals surface area contributed by atoms with E-state index >= 15 is 0 Å². The van der Waals surface area contributed by atoms with Crippen molar-refractivity contribution in [2.75, 3.05) is 24.5 Å². The maximum Gasteiger partial charge on any atom is 0.264 e. The van der Waals surface area contributed by atoms with Crippen LogP contribution in [-0.4, -0.2) is 51.4 Å². The lowest BCUT2D eigenvalue weighted by Crippen LogP contribution is -2.52. The minimum atomic E-state index is -4.10. The number of carbonyl (C=O) groups excluding carboxylic acids is 2. The van der Waals surface area contributed by atoms with Crippen molar-refractivity contribution in [1.29, 1.82) is 0 Å². The molecule has 0 unspecified atom stereocenters. The summed E-state index contributed by atoms with van der Waals surface area (Å²) in [5, 5.41) is 2.81. The number of nitrogens with zero attached hydrogens (tertiary/aromatic N) is 2. The molecule has 0 heterocycles. The monoisotopic (exact) mass is 565 g/mol. The molecule has 0 aliphatic rings. The molecule has 9 heteroatoms. The van der Waals surface area contributed by atoms with E-state index in [4.69, 9.17) is 4.74 Å². The number of amides is 2. The van der Waals surface area contributed by atoms with Crippen LogP contribution < -0.4 is 14.4 Å². The SMILES string of the molecule is CCNC(=O)[C@H](CC)N(Cc1cccc(OC)c1)C(=O)CN(c1ccc(C(C)C)cc1)S(=O)(=O)c1ccccc1. The molecule has 0 fully saturated rings.